The Morgan fingerprint density at radius 1 is 0.368 bits per heavy atom. The van der Waals surface area contributed by atoms with Gasteiger partial charge in [0.25, 0.3) is 0 Å². The van der Waals surface area contributed by atoms with Crippen molar-refractivity contribution >= 4 is 107 Å². The number of aromatic nitrogens is 2. The number of thiophene rings is 2. The molecule has 0 fully saturated rings. The average Bonchev–Trinajstić information content (AvgIpc) is 4.09. The highest BCUT2D eigenvalue weighted by atomic mass is 32.1. The predicted octanol–water partition coefficient (Wildman–Crippen LogP) is 17.5. The van der Waals surface area contributed by atoms with Crippen LogP contribution in [0.25, 0.3) is 118 Å². The fraction of sp³-hybridized carbons (Fsp3) is 0.0968. The summed E-state index contributed by atoms with van der Waals surface area (Å²) < 4.78 is 9.58. The van der Waals surface area contributed by atoms with E-state index in [1.165, 1.54) is 53.2 Å². The maximum Gasteiger partial charge on any atom is 0.102 e. The number of nitriles is 2. The number of rotatable bonds is 4. The largest absolute Gasteiger partial charge is 0.306 e. The van der Waals surface area contributed by atoms with E-state index in [4.69, 9.17) is 0 Å². The van der Waals surface area contributed by atoms with Gasteiger partial charge >= 0.3 is 0 Å². The van der Waals surface area contributed by atoms with E-state index in [1.54, 1.807) is 22.7 Å². The zero-order valence-electron chi connectivity index (χ0n) is 38.5. The van der Waals surface area contributed by atoms with Crippen LogP contribution in [0.1, 0.15) is 44.5 Å². The molecule has 68 heavy (non-hydrogen) atoms. The minimum atomic E-state index is 0.466. The van der Waals surface area contributed by atoms with Crippen LogP contribution in [-0.2, 0) is 0 Å². The zero-order valence-corrected chi connectivity index (χ0v) is 40.1. The lowest BCUT2D eigenvalue weighted by Gasteiger charge is -2.27. The van der Waals surface area contributed by atoms with Gasteiger partial charge in [-0.15, -0.1) is 22.7 Å². The lowest BCUT2D eigenvalue weighted by molar-refractivity contribution is 1.12. The van der Waals surface area contributed by atoms with Crippen LogP contribution in [0.4, 0.5) is 0 Å². The molecule has 0 spiro atoms. The Morgan fingerprint density at radius 3 is 1.19 bits per heavy atom. The van der Waals surface area contributed by atoms with E-state index in [0.29, 0.717) is 16.7 Å². The molecule has 0 unspecified atom stereocenters. The highest BCUT2D eigenvalue weighted by molar-refractivity contribution is 7.27. The molecule has 9 aromatic carbocycles. The molecule has 0 N–H and O–H groups in total. The quantitative estimate of drug-likeness (QED) is 0.177. The van der Waals surface area contributed by atoms with Crippen molar-refractivity contribution in [1.82, 2.24) is 9.13 Å². The molecule has 13 rings (SSSR count). The molecule has 4 aromatic heterocycles. The van der Waals surface area contributed by atoms with Gasteiger partial charge in [0.15, 0.2) is 0 Å². The Morgan fingerprint density at radius 2 is 0.750 bits per heavy atom. The van der Waals surface area contributed by atoms with E-state index in [2.05, 4.69) is 196 Å². The van der Waals surface area contributed by atoms with Gasteiger partial charge in [-0.1, -0.05) is 109 Å². The minimum absolute atomic E-state index is 0.466. The second-order valence-corrected chi connectivity index (χ2v) is 20.6. The predicted molar refractivity (Wildman–Crippen MR) is 290 cm³/mol. The summed E-state index contributed by atoms with van der Waals surface area (Å²) in [6.07, 6.45) is 0. The van der Waals surface area contributed by atoms with Crippen molar-refractivity contribution in [1.29, 1.82) is 10.5 Å². The molecular weight excluding hydrogens is 865 g/mol. The second kappa shape index (κ2) is 14.8. The smallest absolute Gasteiger partial charge is 0.102 e. The first-order chi connectivity index (χ1) is 33.2. The minimum Gasteiger partial charge on any atom is -0.306 e. The first-order valence-electron chi connectivity index (χ1n) is 23.0. The molecule has 0 aliphatic carbocycles. The number of aryl methyl sites for hydroxylation is 6. The van der Waals surface area contributed by atoms with Crippen LogP contribution in [-0.4, -0.2) is 9.13 Å². The van der Waals surface area contributed by atoms with Crippen LogP contribution in [0.3, 0.4) is 0 Å². The van der Waals surface area contributed by atoms with E-state index in [-0.39, 0.29) is 0 Å². The SMILES string of the molecule is Cc1cc2c3ccc4c5ccccc5sc4c3n(-c3c(C#N)c(-c4ccccc4C)c(C#N)c(-n4c5cc(C)c(C)cc5c5ccc6c7ccccc7sc6c54)c3-c3ccccc3C)c2cc1C. The van der Waals surface area contributed by atoms with Crippen molar-refractivity contribution in [3.63, 3.8) is 0 Å². The molecule has 0 radical (unpaired) electrons. The molecule has 0 aliphatic rings. The molecule has 0 saturated carbocycles. The van der Waals surface area contributed by atoms with Gasteiger partial charge in [-0.2, -0.15) is 10.5 Å². The van der Waals surface area contributed by atoms with E-state index >= 15 is 0 Å². The molecule has 4 heterocycles. The highest BCUT2D eigenvalue weighted by Crippen LogP contribution is 2.53. The number of benzene rings is 9. The Kier molecular flexibility index (Phi) is 8.74. The van der Waals surface area contributed by atoms with E-state index in [1.807, 2.05) is 12.1 Å². The van der Waals surface area contributed by atoms with Crippen molar-refractivity contribution in [3.05, 3.63) is 190 Å². The van der Waals surface area contributed by atoms with E-state index in [9.17, 15) is 10.5 Å². The first kappa shape index (κ1) is 40.3. The zero-order chi connectivity index (χ0) is 46.3. The van der Waals surface area contributed by atoms with Crippen LogP contribution < -0.4 is 0 Å². The van der Waals surface area contributed by atoms with Gasteiger partial charge in [0.05, 0.1) is 54.0 Å². The van der Waals surface area contributed by atoms with Crippen molar-refractivity contribution in [3.8, 4) is 45.8 Å². The van der Waals surface area contributed by atoms with Gasteiger partial charge in [0.1, 0.15) is 12.1 Å². The number of hydrogen-bond donors (Lipinski definition) is 0. The summed E-state index contributed by atoms with van der Waals surface area (Å²) in [5.74, 6) is 0. The molecule has 0 aliphatic heterocycles. The summed E-state index contributed by atoms with van der Waals surface area (Å²) >= 11 is 3.61. The Bertz CT molecular complexity index is 4240. The van der Waals surface area contributed by atoms with Gasteiger partial charge in [0, 0.05) is 63.6 Å². The fourth-order valence-corrected chi connectivity index (χ4v) is 13.6. The van der Waals surface area contributed by atoms with E-state index in [0.717, 1.165) is 92.2 Å². The summed E-state index contributed by atoms with van der Waals surface area (Å²) in [7, 11) is 0. The van der Waals surface area contributed by atoms with Crippen LogP contribution >= 0.6 is 22.7 Å². The molecule has 13 aromatic rings. The van der Waals surface area contributed by atoms with E-state index < -0.39 is 0 Å². The van der Waals surface area contributed by atoms with Gasteiger partial charge < -0.3 is 9.13 Å². The third kappa shape index (κ3) is 5.45. The Labute approximate surface area is 401 Å². The topological polar surface area (TPSA) is 57.4 Å². The van der Waals surface area contributed by atoms with Gasteiger partial charge in [-0.25, -0.2) is 0 Å². The third-order valence-electron chi connectivity index (χ3n) is 14.7. The van der Waals surface area contributed by atoms with Crippen LogP contribution in [0.15, 0.2) is 146 Å². The molecule has 0 bridgehead atoms. The molecule has 0 saturated heterocycles. The molecule has 322 valence electrons. The number of nitrogens with zero attached hydrogens (tertiary/aromatic N) is 4. The molecule has 0 amide bonds. The summed E-state index contributed by atoms with van der Waals surface area (Å²) in [6, 6.07) is 58.2. The summed E-state index contributed by atoms with van der Waals surface area (Å²) in [6.45, 7) is 13.0. The van der Waals surface area contributed by atoms with Crippen molar-refractivity contribution in [2.75, 3.05) is 0 Å². The summed E-state index contributed by atoms with van der Waals surface area (Å²) in [5.41, 5.74) is 16.7. The maximum absolute atomic E-state index is 12.2. The fourth-order valence-electron chi connectivity index (χ4n) is 11.2. The lowest BCUT2D eigenvalue weighted by atomic mass is 9.84. The summed E-state index contributed by atoms with van der Waals surface area (Å²) in [5, 5.41) is 33.6. The monoisotopic (exact) mass is 906 g/mol. The second-order valence-electron chi connectivity index (χ2n) is 18.5. The van der Waals surface area contributed by atoms with Crippen LogP contribution in [0, 0.1) is 64.2 Å². The van der Waals surface area contributed by atoms with Gasteiger partial charge in [-0.05, 0) is 122 Å². The Hall–Kier alpha value is -8.00. The number of hydrogen-bond acceptors (Lipinski definition) is 4. The first-order valence-corrected chi connectivity index (χ1v) is 24.7. The van der Waals surface area contributed by atoms with Crippen LogP contribution in [0.2, 0.25) is 0 Å². The molecule has 6 heteroatoms. The molecule has 4 nitrogen and oxygen atoms in total. The van der Waals surface area contributed by atoms with Crippen LogP contribution in [0.5, 0.6) is 0 Å². The third-order valence-corrected chi connectivity index (χ3v) is 17.1. The maximum atomic E-state index is 12.2. The summed E-state index contributed by atoms with van der Waals surface area (Å²) in [4.78, 5) is 0. The lowest BCUT2D eigenvalue weighted by Crippen LogP contribution is -2.12. The number of fused-ring (bicyclic) bond motifs is 14. The van der Waals surface area contributed by atoms with Crippen molar-refractivity contribution in [2.24, 2.45) is 0 Å². The standard InChI is InChI=1S/C62H42N4S2/c1-33-15-7-9-17-39(33)55-49(31-63)57(65-51-29-37(5)35(3)27-47(51)43-23-25-45-41-19-11-13-21-53(41)67-61(45)59(43)65)56(40-18-10-8-16-34(40)2)58(50(55)32-64)66-52-30-38(6)36(4)28-48(52)44-24-26-46-42-20-12-14-22-54(42)68-62(46)60(44)66/h7-30H,1-6H3. The molecular formula is C62H42N4S2. The van der Waals surface area contributed by atoms with Crippen molar-refractivity contribution in [2.45, 2.75) is 41.5 Å². The van der Waals surface area contributed by atoms with Gasteiger partial charge in [-0.3, -0.25) is 0 Å². The van der Waals surface area contributed by atoms with Crippen molar-refractivity contribution < 1.29 is 0 Å². The normalized spacial score (nSPS) is 11.9. The molecule has 0 atom stereocenters. The highest BCUT2D eigenvalue weighted by Gasteiger charge is 2.34. The average molecular weight is 907 g/mol. The Balaban J connectivity index is 1.38. The van der Waals surface area contributed by atoms with Gasteiger partial charge in [0.2, 0.25) is 0 Å².